The van der Waals surface area contributed by atoms with Gasteiger partial charge in [0.05, 0.1) is 21.1 Å². The third kappa shape index (κ3) is 5.24. The van der Waals surface area contributed by atoms with E-state index < -0.39 is 11.7 Å². The van der Waals surface area contributed by atoms with Crippen LogP contribution < -0.4 is 5.32 Å². The number of nitrogens with zero attached hydrogens (tertiary/aromatic N) is 2. The summed E-state index contributed by atoms with van der Waals surface area (Å²) in [6.45, 7) is 2.53. The number of rotatable bonds is 4. The van der Waals surface area contributed by atoms with E-state index in [1.54, 1.807) is 4.90 Å². The van der Waals surface area contributed by atoms with Crippen molar-refractivity contribution in [1.29, 1.82) is 0 Å². The Morgan fingerprint density at radius 3 is 2.24 bits per heavy atom. The van der Waals surface area contributed by atoms with Crippen LogP contribution in [0, 0.1) is 0 Å². The van der Waals surface area contributed by atoms with E-state index in [1.165, 1.54) is 30.4 Å². The summed E-state index contributed by atoms with van der Waals surface area (Å²) in [6.07, 6.45) is -3.03. The Kier molecular flexibility index (Phi) is 6.51. The van der Waals surface area contributed by atoms with E-state index in [0.717, 1.165) is 22.7 Å². The second-order valence-corrected chi connectivity index (χ2v) is 8.95. The third-order valence-electron chi connectivity index (χ3n) is 5.61. The molecule has 0 aliphatic carbocycles. The van der Waals surface area contributed by atoms with Gasteiger partial charge in [0.1, 0.15) is 0 Å². The number of nitrogens with one attached hydrogen (secondary N) is 1. The zero-order valence-corrected chi connectivity index (χ0v) is 18.7. The van der Waals surface area contributed by atoms with Gasteiger partial charge >= 0.3 is 12.2 Å². The van der Waals surface area contributed by atoms with Crippen molar-refractivity contribution in [3.05, 3.63) is 70.0 Å². The van der Waals surface area contributed by atoms with Crippen molar-refractivity contribution in [2.75, 3.05) is 18.4 Å². The molecule has 9 heteroatoms. The Hall–Kier alpha value is -3.20. The van der Waals surface area contributed by atoms with Crippen LogP contribution in [-0.2, 0) is 6.18 Å². The highest BCUT2D eigenvalue weighted by Gasteiger charge is 2.31. The summed E-state index contributed by atoms with van der Waals surface area (Å²) in [7, 11) is 0. The first-order valence-corrected chi connectivity index (χ1v) is 11.3. The van der Waals surface area contributed by atoms with Crippen LogP contribution in [0.3, 0.4) is 0 Å². The fourth-order valence-electron chi connectivity index (χ4n) is 3.82. The van der Waals surface area contributed by atoms with Crippen molar-refractivity contribution in [3.8, 4) is 11.3 Å². The summed E-state index contributed by atoms with van der Waals surface area (Å²) in [5, 5.41) is 3.55. The number of piperidine rings is 1. The fourth-order valence-corrected chi connectivity index (χ4v) is 4.97. The van der Waals surface area contributed by atoms with Gasteiger partial charge in [0.15, 0.2) is 5.78 Å². The molecular weight excluding hydrogens is 451 g/mol. The van der Waals surface area contributed by atoms with E-state index in [9.17, 15) is 22.8 Å². The average molecular weight is 474 g/mol. The Labute approximate surface area is 193 Å². The first-order valence-electron chi connectivity index (χ1n) is 10.5. The molecule has 2 heterocycles. The largest absolute Gasteiger partial charge is 0.416 e. The second-order valence-electron chi connectivity index (χ2n) is 7.92. The van der Waals surface area contributed by atoms with Crippen molar-refractivity contribution in [2.45, 2.75) is 31.9 Å². The lowest BCUT2D eigenvalue weighted by Crippen LogP contribution is -2.40. The van der Waals surface area contributed by atoms with Gasteiger partial charge in [-0.15, -0.1) is 11.3 Å². The molecule has 5 nitrogen and oxygen atoms in total. The number of thiazole rings is 1. The van der Waals surface area contributed by atoms with Crippen LogP contribution in [0.25, 0.3) is 11.3 Å². The minimum atomic E-state index is -4.41. The number of benzene rings is 2. The average Bonchev–Trinajstić information content (AvgIpc) is 3.25. The van der Waals surface area contributed by atoms with Gasteiger partial charge in [-0.3, -0.25) is 4.79 Å². The number of Topliss-reactive ketones (excluding diaryl/α,β-unsaturated/α-hetero) is 1. The standard InChI is InChI=1S/C24H22F3N3O2S/c1-15(31)21-20(16-5-3-2-4-6-16)29-22(33-21)17-11-13-30(14-12-17)23(32)28-19-9-7-18(8-10-19)24(25,26)27/h2-10,17H,11-14H2,1H3,(H,28,32). The number of halogens is 3. The molecule has 33 heavy (non-hydrogen) atoms. The molecule has 4 rings (SSSR count). The lowest BCUT2D eigenvalue weighted by atomic mass is 9.97. The molecule has 1 aromatic heterocycles. The molecule has 1 aliphatic heterocycles. The lowest BCUT2D eigenvalue weighted by molar-refractivity contribution is -0.137. The van der Waals surface area contributed by atoms with Crippen LogP contribution in [0.4, 0.5) is 23.7 Å². The predicted octanol–water partition coefficient (Wildman–Crippen LogP) is 6.44. The normalized spacial score (nSPS) is 14.8. The Morgan fingerprint density at radius 1 is 1.03 bits per heavy atom. The van der Waals surface area contributed by atoms with Gasteiger partial charge in [-0.05, 0) is 37.1 Å². The molecular formula is C24H22F3N3O2S. The quantitative estimate of drug-likeness (QED) is 0.444. The number of hydrogen-bond donors (Lipinski definition) is 1. The smallest absolute Gasteiger partial charge is 0.324 e. The van der Waals surface area contributed by atoms with Gasteiger partial charge in [-0.25, -0.2) is 9.78 Å². The van der Waals surface area contributed by atoms with E-state index in [4.69, 9.17) is 4.98 Å². The van der Waals surface area contributed by atoms with Crippen molar-refractivity contribution in [1.82, 2.24) is 9.88 Å². The van der Waals surface area contributed by atoms with E-state index in [-0.39, 0.29) is 17.7 Å². The number of anilines is 1. The third-order valence-corrected chi connectivity index (χ3v) is 6.92. The molecule has 2 aromatic carbocycles. The minimum absolute atomic E-state index is 0.0223. The van der Waals surface area contributed by atoms with Crippen molar-refractivity contribution in [3.63, 3.8) is 0 Å². The fraction of sp³-hybridized carbons (Fsp3) is 0.292. The SMILES string of the molecule is CC(=O)c1sc(C2CCN(C(=O)Nc3ccc(C(F)(F)F)cc3)CC2)nc1-c1ccccc1. The molecule has 3 aromatic rings. The Bertz CT molecular complexity index is 1140. The monoisotopic (exact) mass is 473 g/mol. The Morgan fingerprint density at radius 2 is 1.67 bits per heavy atom. The molecule has 0 radical (unpaired) electrons. The molecule has 1 N–H and O–H groups in total. The number of alkyl halides is 3. The molecule has 0 saturated carbocycles. The number of urea groups is 1. The molecule has 0 unspecified atom stereocenters. The first kappa shape index (κ1) is 23.0. The summed E-state index contributed by atoms with van der Waals surface area (Å²) in [4.78, 5) is 31.8. The van der Waals surface area contributed by atoms with Crippen molar-refractivity contribution < 1.29 is 22.8 Å². The molecule has 0 atom stereocenters. The first-order chi connectivity index (χ1) is 15.7. The van der Waals surface area contributed by atoms with Gasteiger partial charge in [0, 0.05) is 37.2 Å². The van der Waals surface area contributed by atoms with E-state index in [1.807, 2.05) is 30.3 Å². The number of ketones is 1. The number of aromatic nitrogens is 1. The summed E-state index contributed by atoms with van der Waals surface area (Å²) >= 11 is 1.41. The van der Waals surface area contributed by atoms with Crippen LogP contribution in [-0.4, -0.2) is 34.8 Å². The summed E-state index contributed by atoms with van der Waals surface area (Å²) in [5.41, 5.74) is 1.15. The molecule has 0 bridgehead atoms. The number of carbonyl (C=O) groups is 2. The number of hydrogen-bond acceptors (Lipinski definition) is 4. The highest BCUT2D eigenvalue weighted by molar-refractivity contribution is 7.14. The maximum Gasteiger partial charge on any atom is 0.416 e. The highest BCUT2D eigenvalue weighted by atomic mass is 32.1. The highest BCUT2D eigenvalue weighted by Crippen LogP contribution is 2.36. The molecule has 0 spiro atoms. The van der Waals surface area contributed by atoms with Crippen LogP contribution in [0.15, 0.2) is 54.6 Å². The molecule has 172 valence electrons. The molecule has 1 saturated heterocycles. The van der Waals surface area contributed by atoms with Gasteiger partial charge < -0.3 is 10.2 Å². The predicted molar refractivity (Wildman–Crippen MR) is 122 cm³/mol. The molecule has 1 aliphatic rings. The van der Waals surface area contributed by atoms with Crippen LogP contribution in [0.2, 0.25) is 0 Å². The molecule has 2 amide bonds. The summed E-state index contributed by atoms with van der Waals surface area (Å²) in [5.74, 6) is 0.117. The Balaban J connectivity index is 1.40. The van der Waals surface area contributed by atoms with E-state index >= 15 is 0 Å². The van der Waals surface area contributed by atoms with Gasteiger partial charge in [-0.1, -0.05) is 30.3 Å². The lowest BCUT2D eigenvalue weighted by Gasteiger charge is -2.31. The van der Waals surface area contributed by atoms with Gasteiger partial charge in [0.25, 0.3) is 0 Å². The van der Waals surface area contributed by atoms with Crippen LogP contribution in [0.5, 0.6) is 0 Å². The maximum absolute atomic E-state index is 12.7. The minimum Gasteiger partial charge on any atom is -0.324 e. The summed E-state index contributed by atoms with van der Waals surface area (Å²) in [6, 6.07) is 13.6. The number of carbonyl (C=O) groups excluding carboxylic acids is 2. The second kappa shape index (κ2) is 9.35. The van der Waals surface area contributed by atoms with Crippen LogP contribution >= 0.6 is 11.3 Å². The van der Waals surface area contributed by atoms with Gasteiger partial charge in [0.2, 0.25) is 0 Å². The zero-order valence-electron chi connectivity index (χ0n) is 17.9. The zero-order chi connectivity index (χ0) is 23.6. The molecule has 1 fully saturated rings. The van der Waals surface area contributed by atoms with Gasteiger partial charge in [-0.2, -0.15) is 13.2 Å². The maximum atomic E-state index is 12.7. The van der Waals surface area contributed by atoms with Crippen molar-refractivity contribution in [2.24, 2.45) is 0 Å². The topological polar surface area (TPSA) is 62.3 Å². The number of likely N-dealkylation sites (tertiary alicyclic amines) is 1. The van der Waals surface area contributed by atoms with E-state index in [2.05, 4.69) is 5.32 Å². The number of amides is 2. The van der Waals surface area contributed by atoms with Crippen LogP contribution in [0.1, 0.15) is 45.9 Å². The summed E-state index contributed by atoms with van der Waals surface area (Å²) < 4.78 is 38.1. The van der Waals surface area contributed by atoms with E-state index in [0.29, 0.717) is 42.2 Å². The van der Waals surface area contributed by atoms with Crippen molar-refractivity contribution >= 4 is 28.8 Å².